The number of thiazole rings is 1. The molecule has 0 radical (unpaired) electrons. The van der Waals surface area contributed by atoms with Crippen LogP contribution >= 0.6 is 22.9 Å². The van der Waals surface area contributed by atoms with Crippen molar-refractivity contribution in [2.75, 3.05) is 19.0 Å². The van der Waals surface area contributed by atoms with Crippen molar-refractivity contribution in [3.05, 3.63) is 26.3 Å². The van der Waals surface area contributed by atoms with Crippen LogP contribution in [0.25, 0.3) is 6.08 Å². The first-order valence-corrected chi connectivity index (χ1v) is 4.85. The summed E-state index contributed by atoms with van der Waals surface area (Å²) < 4.78 is 0. The molecule has 0 aromatic carbocycles. The van der Waals surface area contributed by atoms with Crippen LogP contribution in [0.2, 0.25) is 5.15 Å². The summed E-state index contributed by atoms with van der Waals surface area (Å²) in [4.78, 5) is 15.9. The van der Waals surface area contributed by atoms with Crippen molar-refractivity contribution in [2.24, 2.45) is 0 Å². The summed E-state index contributed by atoms with van der Waals surface area (Å²) >= 11 is 7.07. The van der Waals surface area contributed by atoms with E-state index in [-0.39, 0.29) is 5.15 Å². The maximum absolute atomic E-state index is 10.1. The number of nitro groups is 1. The Morgan fingerprint density at radius 2 is 2.29 bits per heavy atom. The van der Waals surface area contributed by atoms with Gasteiger partial charge in [0.25, 0.3) is 0 Å². The fourth-order valence-electron chi connectivity index (χ4n) is 0.725. The average molecular weight is 234 g/mol. The van der Waals surface area contributed by atoms with Gasteiger partial charge in [0, 0.05) is 20.2 Å². The highest BCUT2D eigenvalue weighted by Crippen LogP contribution is 2.29. The van der Waals surface area contributed by atoms with E-state index in [1.807, 2.05) is 14.1 Å². The van der Waals surface area contributed by atoms with Crippen molar-refractivity contribution in [3.63, 3.8) is 0 Å². The zero-order chi connectivity index (χ0) is 10.7. The second kappa shape index (κ2) is 4.39. The molecule has 1 aromatic rings. The Labute approximate surface area is 89.8 Å². The maximum atomic E-state index is 10.1. The third-order valence-electron chi connectivity index (χ3n) is 1.33. The van der Waals surface area contributed by atoms with E-state index in [9.17, 15) is 10.1 Å². The molecule has 0 aliphatic rings. The molecule has 14 heavy (non-hydrogen) atoms. The van der Waals surface area contributed by atoms with E-state index in [2.05, 4.69) is 4.98 Å². The molecule has 76 valence electrons. The molecule has 0 atom stereocenters. The van der Waals surface area contributed by atoms with Crippen molar-refractivity contribution in [2.45, 2.75) is 0 Å². The third-order valence-corrected chi connectivity index (χ3v) is 2.92. The van der Waals surface area contributed by atoms with Gasteiger partial charge in [-0.3, -0.25) is 10.1 Å². The highest BCUT2D eigenvalue weighted by molar-refractivity contribution is 7.17. The largest absolute Gasteiger partial charge is 0.354 e. The number of hydrogen-bond acceptors (Lipinski definition) is 5. The van der Waals surface area contributed by atoms with Gasteiger partial charge in [-0.15, -0.1) is 0 Å². The second-order valence-electron chi connectivity index (χ2n) is 2.65. The molecule has 0 fully saturated rings. The molecule has 1 heterocycles. The summed E-state index contributed by atoms with van der Waals surface area (Å²) in [5, 5.41) is 11.1. The van der Waals surface area contributed by atoms with Crippen molar-refractivity contribution < 1.29 is 4.92 Å². The van der Waals surface area contributed by atoms with Crippen LogP contribution in [-0.2, 0) is 0 Å². The SMILES string of the molecule is CN(C)c1nc(Cl)c(C=C[N+](=O)[O-])s1. The minimum Gasteiger partial charge on any atom is -0.354 e. The predicted octanol–water partition coefficient (Wildman–Crippen LogP) is 2.11. The van der Waals surface area contributed by atoms with Gasteiger partial charge in [-0.2, -0.15) is 0 Å². The molecule has 1 rings (SSSR count). The van der Waals surface area contributed by atoms with Gasteiger partial charge in [0.05, 0.1) is 9.80 Å². The fraction of sp³-hybridized carbons (Fsp3) is 0.286. The summed E-state index contributed by atoms with van der Waals surface area (Å²) in [6, 6.07) is 0. The third kappa shape index (κ3) is 2.68. The minimum absolute atomic E-state index is 0.289. The number of hydrogen-bond donors (Lipinski definition) is 0. The monoisotopic (exact) mass is 233 g/mol. The molecule has 0 saturated heterocycles. The summed E-state index contributed by atoms with van der Waals surface area (Å²) in [6.45, 7) is 0. The molecule has 7 heteroatoms. The number of aromatic nitrogens is 1. The zero-order valence-corrected chi connectivity index (χ0v) is 9.17. The Morgan fingerprint density at radius 3 is 2.71 bits per heavy atom. The summed E-state index contributed by atoms with van der Waals surface area (Å²) in [5.74, 6) is 0. The molecule has 0 amide bonds. The molecule has 0 bridgehead atoms. The van der Waals surface area contributed by atoms with Crippen molar-refractivity contribution in [1.29, 1.82) is 0 Å². The molecule has 5 nitrogen and oxygen atoms in total. The van der Waals surface area contributed by atoms with Gasteiger partial charge in [0.1, 0.15) is 5.15 Å². The molecule has 0 aliphatic heterocycles. The number of nitrogens with zero attached hydrogens (tertiary/aromatic N) is 3. The van der Waals surface area contributed by atoms with Crippen LogP contribution in [0.15, 0.2) is 6.20 Å². The van der Waals surface area contributed by atoms with Gasteiger partial charge in [0.15, 0.2) is 5.13 Å². The van der Waals surface area contributed by atoms with Crippen molar-refractivity contribution in [3.8, 4) is 0 Å². The number of rotatable bonds is 3. The Kier molecular flexibility index (Phi) is 3.43. The lowest BCUT2D eigenvalue weighted by Gasteiger charge is -2.04. The van der Waals surface area contributed by atoms with E-state index in [1.165, 1.54) is 17.4 Å². The van der Waals surface area contributed by atoms with Crippen LogP contribution in [-0.4, -0.2) is 24.0 Å². The Bertz CT molecular complexity index is 375. The zero-order valence-electron chi connectivity index (χ0n) is 7.60. The number of anilines is 1. The first-order chi connectivity index (χ1) is 6.50. The molecule has 0 spiro atoms. The molecule has 0 N–H and O–H groups in total. The summed E-state index contributed by atoms with van der Waals surface area (Å²) in [5.41, 5.74) is 0. The first kappa shape index (κ1) is 10.9. The van der Waals surface area contributed by atoms with E-state index in [1.54, 1.807) is 4.90 Å². The second-order valence-corrected chi connectivity index (χ2v) is 4.01. The minimum atomic E-state index is -0.536. The van der Waals surface area contributed by atoms with Gasteiger partial charge in [-0.1, -0.05) is 22.9 Å². The van der Waals surface area contributed by atoms with Crippen molar-refractivity contribution >= 4 is 34.1 Å². The lowest BCUT2D eigenvalue weighted by atomic mass is 10.5. The molecule has 0 aliphatic carbocycles. The Morgan fingerprint density at radius 1 is 1.64 bits per heavy atom. The van der Waals surface area contributed by atoms with Crippen LogP contribution in [0, 0.1) is 10.1 Å². The van der Waals surface area contributed by atoms with E-state index in [0.29, 0.717) is 4.88 Å². The standard InChI is InChI=1S/C7H8ClN3O2S/c1-10(2)7-9-6(8)5(14-7)3-4-11(12)13/h3-4H,1-2H3. The van der Waals surface area contributed by atoms with Gasteiger partial charge >= 0.3 is 0 Å². The topological polar surface area (TPSA) is 59.3 Å². The Balaban J connectivity index is 2.93. The van der Waals surface area contributed by atoms with E-state index >= 15 is 0 Å². The summed E-state index contributed by atoms with van der Waals surface area (Å²) in [6.07, 6.45) is 2.19. The van der Waals surface area contributed by atoms with Crippen LogP contribution in [0.1, 0.15) is 4.88 Å². The van der Waals surface area contributed by atoms with E-state index in [0.717, 1.165) is 11.3 Å². The normalized spacial score (nSPS) is 10.8. The lowest BCUT2D eigenvalue weighted by molar-refractivity contribution is -0.400. The van der Waals surface area contributed by atoms with E-state index < -0.39 is 4.92 Å². The predicted molar refractivity (Wildman–Crippen MR) is 57.5 cm³/mol. The van der Waals surface area contributed by atoms with E-state index in [4.69, 9.17) is 11.6 Å². The van der Waals surface area contributed by atoms with Crippen LogP contribution in [0.5, 0.6) is 0 Å². The highest BCUT2D eigenvalue weighted by Gasteiger charge is 2.08. The number of halogens is 1. The van der Waals surface area contributed by atoms with Crippen LogP contribution in [0.3, 0.4) is 0 Å². The fourth-order valence-corrected chi connectivity index (χ4v) is 1.81. The molecular weight excluding hydrogens is 226 g/mol. The molecule has 0 saturated carbocycles. The molecule has 0 unspecified atom stereocenters. The molecule has 1 aromatic heterocycles. The molecular formula is C7H8ClN3O2S. The quantitative estimate of drug-likeness (QED) is 0.593. The average Bonchev–Trinajstić information content (AvgIpc) is 2.43. The van der Waals surface area contributed by atoms with Crippen LogP contribution in [0.4, 0.5) is 5.13 Å². The van der Waals surface area contributed by atoms with Crippen LogP contribution < -0.4 is 4.90 Å². The Hall–Kier alpha value is -1.14. The van der Waals surface area contributed by atoms with Gasteiger partial charge in [0.2, 0.25) is 6.20 Å². The lowest BCUT2D eigenvalue weighted by Crippen LogP contribution is -2.07. The van der Waals surface area contributed by atoms with Gasteiger partial charge in [-0.25, -0.2) is 4.98 Å². The van der Waals surface area contributed by atoms with Crippen molar-refractivity contribution in [1.82, 2.24) is 4.98 Å². The van der Waals surface area contributed by atoms with Gasteiger partial charge in [-0.05, 0) is 0 Å². The maximum Gasteiger partial charge on any atom is 0.235 e. The highest BCUT2D eigenvalue weighted by atomic mass is 35.5. The summed E-state index contributed by atoms with van der Waals surface area (Å²) in [7, 11) is 3.66. The smallest absolute Gasteiger partial charge is 0.235 e. The first-order valence-electron chi connectivity index (χ1n) is 3.66. The van der Waals surface area contributed by atoms with Gasteiger partial charge < -0.3 is 4.90 Å².